The van der Waals surface area contributed by atoms with Gasteiger partial charge in [0.05, 0.1) is 17.0 Å². The lowest BCUT2D eigenvalue weighted by atomic mass is 9.78. The van der Waals surface area contributed by atoms with Gasteiger partial charge in [-0.25, -0.2) is 0 Å². The molecule has 4 rings (SSSR count). The number of aryl methyl sites for hydroxylation is 1. The van der Waals surface area contributed by atoms with Crippen LogP contribution in [-0.4, -0.2) is 42.3 Å². The van der Waals surface area contributed by atoms with E-state index in [1.54, 1.807) is 18.2 Å². The fourth-order valence-electron chi connectivity index (χ4n) is 4.36. The largest absolute Gasteiger partial charge is 0.466 e. The van der Waals surface area contributed by atoms with Crippen molar-refractivity contribution >= 4 is 11.7 Å². The van der Waals surface area contributed by atoms with Gasteiger partial charge in [0.15, 0.2) is 5.78 Å². The molecule has 0 aliphatic carbocycles. The van der Waals surface area contributed by atoms with Gasteiger partial charge in [0.1, 0.15) is 11.5 Å². The number of nitrogens with zero attached hydrogens (tertiary/aromatic N) is 1. The average Bonchev–Trinajstić information content (AvgIpc) is 3.21. The number of carbonyl (C=O) groups is 2. The number of hydrogen-bond acceptors (Lipinski definition) is 4. The molecule has 142 valence electrons. The fourth-order valence-corrected chi connectivity index (χ4v) is 4.36. The highest BCUT2D eigenvalue weighted by molar-refractivity contribution is 6.12. The lowest BCUT2D eigenvalue weighted by molar-refractivity contribution is 0.0790. The minimum absolute atomic E-state index is 0.0682. The number of rotatable bonds is 4. The Balaban J connectivity index is 1.49. The Morgan fingerprint density at radius 2 is 1.96 bits per heavy atom. The molecule has 1 aromatic heterocycles. The molecule has 5 heteroatoms. The highest BCUT2D eigenvalue weighted by Crippen LogP contribution is 2.37. The van der Waals surface area contributed by atoms with Gasteiger partial charge in [-0.3, -0.25) is 9.59 Å². The second kappa shape index (κ2) is 6.64. The normalized spacial score (nSPS) is 26.3. The van der Waals surface area contributed by atoms with Crippen molar-refractivity contribution in [1.29, 1.82) is 0 Å². The summed E-state index contributed by atoms with van der Waals surface area (Å²) >= 11 is 0. The van der Waals surface area contributed by atoms with Crippen molar-refractivity contribution in [3.63, 3.8) is 0 Å². The molecule has 3 heterocycles. The van der Waals surface area contributed by atoms with Crippen molar-refractivity contribution < 1.29 is 14.0 Å². The lowest BCUT2D eigenvalue weighted by Gasteiger charge is -2.27. The summed E-state index contributed by atoms with van der Waals surface area (Å²) in [6, 6.07) is 11.0. The van der Waals surface area contributed by atoms with Gasteiger partial charge in [-0.15, -0.1) is 0 Å². The number of nitrogens with one attached hydrogen (secondary N) is 1. The first-order valence-corrected chi connectivity index (χ1v) is 9.62. The predicted octanol–water partition coefficient (Wildman–Crippen LogP) is 3.40. The predicted molar refractivity (Wildman–Crippen MR) is 103 cm³/mol. The molecule has 0 radical (unpaired) electrons. The number of amides is 1. The molecule has 1 aromatic carbocycles. The van der Waals surface area contributed by atoms with Gasteiger partial charge in [0, 0.05) is 24.6 Å². The van der Waals surface area contributed by atoms with Crippen molar-refractivity contribution in [2.75, 3.05) is 19.6 Å². The van der Waals surface area contributed by atoms with Crippen LogP contribution in [0.25, 0.3) is 0 Å². The van der Waals surface area contributed by atoms with Gasteiger partial charge >= 0.3 is 0 Å². The number of likely N-dealkylation sites (tertiary alicyclic amines) is 1. The van der Waals surface area contributed by atoms with Crippen molar-refractivity contribution in [1.82, 2.24) is 10.2 Å². The van der Waals surface area contributed by atoms with Crippen LogP contribution in [0.4, 0.5) is 0 Å². The first-order valence-electron chi connectivity index (χ1n) is 9.62. The molecule has 2 aliphatic rings. The highest BCUT2D eigenvalue weighted by Gasteiger charge is 2.51. The Morgan fingerprint density at radius 1 is 1.22 bits per heavy atom. The monoisotopic (exact) mass is 366 g/mol. The van der Waals surface area contributed by atoms with Crippen LogP contribution in [0, 0.1) is 12.3 Å². The van der Waals surface area contributed by atoms with Crippen molar-refractivity contribution in [3.05, 3.63) is 59.0 Å². The van der Waals surface area contributed by atoms with E-state index >= 15 is 0 Å². The lowest BCUT2D eigenvalue weighted by Crippen LogP contribution is -2.47. The fraction of sp³-hybridized carbons (Fsp3) is 0.455. The molecular formula is C22H26N2O3. The molecule has 27 heavy (non-hydrogen) atoms. The van der Waals surface area contributed by atoms with E-state index in [1.165, 1.54) is 0 Å². The molecule has 2 aromatic rings. The second-order valence-electron chi connectivity index (χ2n) is 8.19. The molecular weight excluding hydrogens is 340 g/mol. The molecule has 0 spiro atoms. The third kappa shape index (κ3) is 3.10. The minimum Gasteiger partial charge on any atom is -0.466 e. The molecule has 1 fully saturated rings. The second-order valence-corrected chi connectivity index (χ2v) is 8.19. The van der Waals surface area contributed by atoms with Gasteiger partial charge in [0.2, 0.25) is 0 Å². The van der Waals surface area contributed by atoms with Crippen LogP contribution in [0.15, 0.2) is 40.8 Å². The van der Waals surface area contributed by atoms with Gasteiger partial charge in [-0.1, -0.05) is 25.1 Å². The van der Waals surface area contributed by atoms with Crippen LogP contribution in [0.2, 0.25) is 0 Å². The van der Waals surface area contributed by atoms with Crippen LogP contribution in [0.5, 0.6) is 0 Å². The average molecular weight is 366 g/mol. The number of fused-ring (bicyclic) bond motifs is 2. The van der Waals surface area contributed by atoms with E-state index in [1.807, 2.05) is 32.0 Å². The Bertz CT molecular complexity index is 887. The molecule has 0 saturated carbocycles. The number of carbonyl (C=O) groups excluding carboxylic acids is 2. The smallest absolute Gasteiger partial charge is 0.252 e. The van der Waals surface area contributed by atoms with Gasteiger partial charge in [-0.05, 0) is 45.0 Å². The number of benzene rings is 1. The van der Waals surface area contributed by atoms with Crippen LogP contribution in [0.3, 0.4) is 0 Å². The Hall–Kier alpha value is -2.40. The SMILES string of the molecule is Cc1ccc([C@@H](C)CCN2C[C@H]3NC(=O)c4ccccc4C(=O)[C@@]3(C)C2)o1. The Labute approximate surface area is 159 Å². The van der Waals surface area contributed by atoms with E-state index in [4.69, 9.17) is 4.42 Å². The Morgan fingerprint density at radius 3 is 2.67 bits per heavy atom. The molecule has 0 unspecified atom stereocenters. The minimum atomic E-state index is -0.591. The number of Topliss-reactive ketones (excluding diaryl/α,β-unsaturated/α-hetero) is 1. The van der Waals surface area contributed by atoms with E-state index in [-0.39, 0.29) is 17.7 Å². The van der Waals surface area contributed by atoms with E-state index < -0.39 is 5.41 Å². The molecule has 1 saturated heterocycles. The zero-order valence-electron chi connectivity index (χ0n) is 16.1. The van der Waals surface area contributed by atoms with Gasteiger partial charge < -0.3 is 14.6 Å². The highest BCUT2D eigenvalue weighted by atomic mass is 16.3. The maximum Gasteiger partial charge on any atom is 0.252 e. The van der Waals surface area contributed by atoms with Crippen LogP contribution < -0.4 is 5.32 Å². The van der Waals surface area contributed by atoms with Crippen molar-refractivity contribution in [2.24, 2.45) is 5.41 Å². The number of furan rings is 1. The molecule has 0 bridgehead atoms. The van der Waals surface area contributed by atoms with Crippen LogP contribution >= 0.6 is 0 Å². The van der Waals surface area contributed by atoms with Crippen LogP contribution in [-0.2, 0) is 0 Å². The summed E-state index contributed by atoms with van der Waals surface area (Å²) in [4.78, 5) is 28.2. The van der Waals surface area contributed by atoms with Crippen LogP contribution in [0.1, 0.15) is 58.4 Å². The third-order valence-corrected chi connectivity index (χ3v) is 6.13. The first kappa shape index (κ1) is 18.0. The number of hydrogen-bond donors (Lipinski definition) is 1. The topological polar surface area (TPSA) is 62.6 Å². The zero-order valence-corrected chi connectivity index (χ0v) is 16.1. The van der Waals surface area contributed by atoms with Gasteiger partial charge in [-0.2, -0.15) is 0 Å². The zero-order chi connectivity index (χ0) is 19.2. The summed E-state index contributed by atoms with van der Waals surface area (Å²) in [5.74, 6) is 2.18. The molecule has 3 atom stereocenters. The van der Waals surface area contributed by atoms with Crippen molar-refractivity contribution in [2.45, 2.75) is 39.2 Å². The first-order chi connectivity index (χ1) is 12.9. The number of ketones is 1. The summed E-state index contributed by atoms with van der Waals surface area (Å²) in [7, 11) is 0. The summed E-state index contributed by atoms with van der Waals surface area (Å²) in [5, 5.41) is 3.10. The standard InChI is InChI=1S/C22H26N2O3/c1-14(18-9-8-15(2)27-18)10-11-24-12-19-22(3,13-24)20(25)16-6-4-5-7-17(16)21(26)23-19/h4-9,14,19H,10-13H2,1-3H3,(H,23,26)/t14-,19+,22-/m0/s1. The van der Waals surface area contributed by atoms with E-state index in [9.17, 15) is 9.59 Å². The molecule has 1 N–H and O–H groups in total. The quantitative estimate of drug-likeness (QED) is 0.901. The molecule has 5 nitrogen and oxygen atoms in total. The summed E-state index contributed by atoms with van der Waals surface area (Å²) < 4.78 is 5.73. The molecule has 2 aliphatic heterocycles. The third-order valence-electron chi connectivity index (χ3n) is 6.13. The maximum atomic E-state index is 13.3. The molecule has 1 amide bonds. The summed E-state index contributed by atoms with van der Waals surface area (Å²) in [6.45, 7) is 8.34. The van der Waals surface area contributed by atoms with Gasteiger partial charge in [0.25, 0.3) is 5.91 Å². The van der Waals surface area contributed by atoms with E-state index in [0.29, 0.717) is 30.1 Å². The van der Waals surface area contributed by atoms with E-state index in [2.05, 4.69) is 17.1 Å². The van der Waals surface area contributed by atoms with Crippen molar-refractivity contribution in [3.8, 4) is 0 Å². The maximum absolute atomic E-state index is 13.3. The summed E-state index contributed by atoms with van der Waals surface area (Å²) in [5.41, 5.74) is 0.444. The Kier molecular flexibility index (Phi) is 4.42. The summed E-state index contributed by atoms with van der Waals surface area (Å²) in [6.07, 6.45) is 0.953. The van der Waals surface area contributed by atoms with E-state index in [0.717, 1.165) is 24.5 Å².